The minimum absolute atomic E-state index is 0.0266. The standard InChI is InChI=1S/C22H30N4O3/c1-24-11-7-23-21(24)12-16-4-8-25(9-5-16)20-6-10-26(22(20)27)17-13-18(28-2)15-19(14-17)29-3/h7,11,13-16,20H,4-6,8-10,12H2,1-3H3. The van der Waals surface area contributed by atoms with E-state index >= 15 is 0 Å². The van der Waals surface area contributed by atoms with Crippen LogP contribution in [0.15, 0.2) is 30.6 Å². The molecule has 2 aromatic rings. The van der Waals surface area contributed by atoms with Gasteiger partial charge < -0.3 is 18.9 Å². The molecule has 7 heteroatoms. The van der Waals surface area contributed by atoms with E-state index in [2.05, 4.69) is 21.5 Å². The summed E-state index contributed by atoms with van der Waals surface area (Å²) in [6, 6.07) is 5.61. The third kappa shape index (κ3) is 4.10. The summed E-state index contributed by atoms with van der Waals surface area (Å²) >= 11 is 0. The molecule has 0 bridgehead atoms. The van der Waals surface area contributed by atoms with Gasteiger partial charge in [0.2, 0.25) is 5.91 Å². The first-order valence-corrected chi connectivity index (χ1v) is 10.3. The van der Waals surface area contributed by atoms with E-state index in [-0.39, 0.29) is 11.9 Å². The number of benzene rings is 1. The first-order chi connectivity index (χ1) is 14.1. The Bertz CT molecular complexity index is 835. The smallest absolute Gasteiger partial charge is 0.244 e. The van der Waals surface area contributed by atoms with Gasteiger partial charge in [-0.3, -0.25) is 9.69 Å². The average Bonchev–Trinajstić information content (AvgIpc) is 3.33. The van der Waals surface area contributed by atoms with Gasteiger partial charge in [0.15, 0.2) is 0 Å². The molecule has 2 aliphatic heterocycles. The molecule has 156 valence electrons. The molecule has 0 saturated carbocycles. The lowest BCUT2D eigenvalue weighted by Crippen LogP contribution is -2.46. The Balaban J connectivity index is 1.38. The molecule has 1 aromatic carbocycles. The fraction of sp³-hybridized carbons (Fsp3) is 0.545. The third-order valence-electron chi connectivity index (χ3n) is 6.31. The largest absolute Gasteiger partial charge is 0.497 e. The number of aromatic nitrogens is 2. The zero-order valence-corrected chi connectivity index (χ0v) is 17.5. The van der Waals surface area contributed by atoms with Crippen LogP contribution in [0.2, 0.25) is 0 Å². The molecule has 1 amide bonds. The van der Waals surface area contributed by atoms with Crippen molar-refractivity contribution in [2.24, 2.45) is 13.0 Å². The molecule has 2 fully saturated rings. The molecule has 3 heterocycles. The van der Waals surface area contributed by atoms with Crippen molar-refractivity contribution in [2.75, 3.05) is 38.8 Å². The normalized spacial score (nSPS) is 21.0. The average molecular weight is 399 g/mol. The van der Waals surface area contributed by atoms with Gasteiger partial charge in [0.1, 0.15) is 17.3 Å². The highest BCUT2D eigenvalue weighted by atomic mass is 16.5. The number of aryl methyl sites for hydroxylation is 1. The lowest BCUT2D eigenvalue weighted by atomic mass is 9.92. The predicted octanol–water partition coefficient (Wildman–Crippen LogP) is 2.50. The van der Waals surface area contributed by atoms with Crippen LogP contribution < -0.4 is 14.4 Å². The first kappa shape index (κ1) is 19.8. The first-order valence-electron chi connectivity index (χ1n) is 10.3. The van der Waals surface area contributed by atoms with Crippen LogP contribution in [-0.2, 0) is 18.3 Å². The number of ether oxygens (including phenoxy) is 2. The fourth-order valence-electron chi connectivity index (χ4n) is 4.53. The topological polar surface area (TPSA) is 59.8 Å². The highest BCUT2D eigenvalue weighted by molar-refractivity contribution is 5.99. The summed E-state index contributed by atoms with van der Waals surface area (Å²) in [6.07, 6.45) is 7.98. The number of amides is 1. The summed E-state index contributed by atoms with van der Waals surface area (Å²) in [7, 11) is 5.31. The Morgan fingerprint density at radius 2 is 1.72 bits per heavy atom. The second-order valence-corrected chi connectivity index (χ2v) is 8.00. The number of rotatable bonds is 6. The van der Waals surface area contributed by atoms with Crippen molar-refractivity contribution in [3.05, 3.63) is 36.4 Å². The molecule has 0 spiro atoms. The molecule has 1 atom stereocenters. The summed E-state index contributed by atoms with van der Waals surface area (Å²) in [6.45, 7) is 2.68. The van der Waals surface area contributed by atoms with Gasteiger partial charge in [0.05, 0.1) is 25.9 Å². The van der Waals surface area contributed by atoms with Gasteiger partial charge in [-0.25, -0.2) is 4.98 Å². The molecule has 2 aliphatic rings. The Kier molecular flexibility index (Phi) is 5.76. The van der Waals surface area contributed by atoms with Crippen molar-refractivity contribution in [2.45, 2.75) is 31.7 Å². The Morgan fingerprint density at radius 1 is 1.03 bits per heavy atom. The number of methoxy groups -OCH3 is 2. The second-order valence-electron chi connectivity index (χ2n) is 8.00. The molecule has 0 radical (unpaired) electrons. The quantitative estimate of drug-likeness (QED) is 0.748. The van der Waals surface area contributed by atoms with Crippen molar-refractivity contribution < 1.29 is 14.3 Å². The number of nitrogens with zero attached hydrogens (tertiary/aromatic N) is 4. The number of hydrogen-bond acceptors (Lipinski definition) is 5. The van der Waals surface area contributed by atoms with Crippen molar-refractivity contribution in [3.63, 3.8) is 0 Å². The molecule has 0 aliphatic carbocycles. The fourth-order valence-corrected chi connectivity index (χ4v) is 4.53. The van der Waals surface area contributed by atoms with Gasteiger partial charge in [-0.1, -0.05) is 0 Å². The van der Waals surface area contributed by atoms with Crippen molar-refractivity contribution in [1.29, 1.82) is 0 Å². The number of carbonyl (C=O) groups excluding carboxylic acids is 1. The van der Waals surface area contributed by atoms with Crippen molar-refractivity contribution >= 4 is 11.6 Å². The third-order valence-corrected chi connectivity index (χ3v) is 6.31. The molecule has 1 aromatic heterocycles. The van der Waals surface area contributed by atoms with E-state index in [4.69, 9.17) is 9.47 Å². The van der Waals surface area contributed by atoms with E-state index in [1.807, 2.05) is 35.5 Å². The van der Waals surface area contributed by atoms with E-state index in [1.165, 1.54) is 0 Å². The van der Waals surface area contributed by atoms with Crippen LogP contribution in [0.1, 0.15) is 25.1 Å². The number of hydrogen-bond donors (Lipinski definition) is 0. The molecule has 4 rings (SSSR count). The summed E-state index contributed by atoms with van der Waals surface area (Å²) in [5.41, 5.74) is 0.846. The van der Waals surface area contributed by atoms with Gasteiger partial charge in [-0.15, -0.1) is 0 Å². The van der Waals surface area contributed by atoms with Crippen molar-refractivity contribution in [3.8, 4) is 11.5 Å². The zero-order valence-electron chi connectivity index (χ0n) is 17.5. The van der Waals surface area contributed by atoms with Gasteiger partial charge in [-0.05, 0) is 38.3 Å². The van der Waals surface area contributed by atoms with Crippen molar-refractivity contribution in [1.82, 2.24) is 14.5 Å². The lowest BCUT2D eigenvalue weighted by Gasteiger charge is -2.35. The van der Waals surface area contributed by atoms with E-state index in [9.17, 15) is 4.79 Å². The van der Waals surface area contributed by atoms with Crippen LogP contribution in [0.3, 0.4) is 0 Å². The molecule has 0 N–H and O–H groups in total. The van der Waals surface area contributed by atoms with Gasteiger partial charge in [0, 0.05) is 50.6 Å². The molecular formula is C22H30N4O3. The minimum atomic E-state index is -0.0266. The molecular weight excluding hydrogens is 368 g/mol. The van der Waals surface area contributed by atoms with E-state index in [1.54, 1.807) is 14.2 Å². The number of imidazole rings is 1. The monoisotopic (exact) mass is 398 g/mol. The summed E-state index contributed by atoms with van der Waals surface area (Å²) in [4.78, 5) is 21.9. The van der Waals surface area contributed by atoms with E-state index in [0.29, 0.717) is 17.4 Å². The highest BCUT2D eigenvalue weighted by Crippen LogP contribution is 2.33. The van der Waals surface area contributed by atoms with Crippen LogP contribution in [-0.4, -0.2) is 60.3 Å². The maximum Gasteiger partial charge on any atom is 0.244 e. The number of piperidine rings is 1. The number of carbonyl (C=O) groups is 1. The van der Waals surface area contributed by atoms with E-state index < -0.39 is 0 Å². The molecule has 7 nitrogen and oxygen atoms in total. The van der Waals surface area contributed by atoms with Crippen LogP contribution in [0.4, 0.5) is 5.69 Å². The van der Waals surface area contributed by atoms with E-state index in [0.717, 1.165) is 56.8 Å². The predicted molar refractivity (Wildman–Crippen MR) is 112 cm³/mol. The summed E-state index contributed by atoms with van der Waals surface area (Å²) in [5.74, 6) is 3.38. The van der Waals surface area contributed by atoms with Crippen LogP contribution in [0.5, 0.6) is 11.5 Å². The minimum Gasteiger partial charge on any atom is -0.497 e. The summed E-state index contributed by atoms with van der Waals surface area (Å²) < 4.78 is 12.8. The SMILES string of the molecule is COc1cc(OC)cc(N2CCC(N3CCC(Cc4nccn4C)CC3)C2=O)c1. The summed E-state index contributed by atoms with van der Waals surface area (Å²) in [5, 5.41) is 0. The van der Waals surface area contributed by atoms with Gasteiger partial charge in [-0.2, -0.15) is 0 Å². The maximum atomic E-state index is 13.2. The number of anilines is 1. The Morgan fingerprint density at radius 3 is 2.31 bits per heavy atom. The second kappa shape index (κ2) is 8.45. The van der Waals surface area contributed by atoms with Crippen LogP contribution in [0, 0.1) is 5.92 Å². The molecule has 1 unspecified atom stereocenters. The Labute approximate surface area is 172 Å². The highest BCUT2D eigenvalue weighted by Gasteiger charge is 2.38. The maximum absolute atomic E-state index is 13.2. The zero-order chi connectivity index (χ0) is 20.4. The molecule has 2 saturated heterocycles. The molecule has 29 heavy (non-hydrogen) atoms. The van der Waals surface area contributed by atoms with Crippen LogP contribution >= 0.6 is 0 Å². The number of likely N-dealkylation sites (tertiary alicyclic amines) is 1. The van der Waals surface area contributed by atoms with Crippen LogP contribution in [0.25, 0.3) is 0 Å². The lowest BCUT2D eigenvalue weighted by molar-refractivity contribution is -0.122. The van der Waals surface area contributed by atoms with Gasteiger partial charge >= 0.3 is 0 Å². The Hall–Kier alpha value is -2.54. The van der Waals surface area contributed by atoms with Gasteiger partial charge in [0.25, 0.3) is 0 Å².